The first-order valence-corrected chi connectivity index (χ1v) is 6.58. The molecule has 1 aliphatic rings. The predicted octanol–water partition coefficient (Wildman–Crippen LogP) is 1.30. The lowest BCUT2D eigenvalue weighted by molar-refractivity contribution is -0.135. The number of rotatable bonds is 5. The van der Waals surface area contributed by atoms with Gasteiger partial charge in [-0.15, -0.1) is 0 Å². The number of carbonyl (C=O) groups excluding carboxylic acids is 2. The molecule has 0 saturated carbocycles. The van der Waals surface area contributed by atoms with Crippen LogP contribution in [0.1, 0.15) is 40.0 Å². The Labute approximate surface area is 104 Å². The SMILES string of the molecule is CCCN(CC(=O)N1CCC(=O)CC1)C(C)C. The molecular weight excluding hydrogens is 216 g/mol. The minimum Gasteiger partial charge on any atom is -0.341 e. The predicted molar refractivity (Wildman–Crippen MR) is 67.8 cm³/mol. The molecule has 0 spiro atoms. The Hall–Kier alpha value is -0.900. The zero-order chi connectivity index (χ0) is 12.8. The molecule has 1 amide bonds. The summed E-state index contributed by atoms with van der Waals surface area (Å²) >= 11 is 0. The van der Waals surface area contributed by atoms with Gasteiger partial charge in [-0.25, -0.2) is 0 Å². The van der Waals surface area contributed by atoms with E-state index in [0.717, 1.165) is 13.0 Å². The summed E-state index contributed by atoms with van der Waals surface area (Å²) in [4.78, 5) is 27.2. The maximum absolute atomic E-state index is 12.1. The van der Waals surface area contributed by atoms with Gasteiger partial charge in [0.1, 0.15) is 5.78 Å². The van der Waals surface area contributed by atoms with E-state index in [4.69, 9.17) is 0 Å². The highest BCUT2D eigenvalue weighted by Crippen LogP contribution is 2.08. The number of carbonyl (C=O) groups is 2. The molecule has 1 saturated heterocycles. The fourth-order valence-electron chi connectivity index (χ4n) is 2.09. The molecule has 0 N–H and O–H groups in total. The van der Waals surface area contributed by atoms with Crippen LogP contribution >= 0.6 is 0 Å². The van der Waals surface area contributed by atoms with Gasteiger partial charge < -0.3 is 4.90 Å². The largest absolute Gasteiger partial charge is 0.341 e. The molecule has 0 aromatic heterocycles. The fourth-order valence-corrected chi connectivity index (χ4v) is 2.09. The molecule has 1 fully saturated rings. The van der Waals surface area contributed by atoms with Gasteiger partial charge in [-0.2, -0.15) is 0 Å². The first-order valence-electron chi connectivity index (χ1n) is 6.58. The van der Waals surface area contributed by atoms with Crippen LogP contribution in [0, 0.1) is 0 Å². The Kier molecular flexibility index (Phi) is 5.62. The van der Waals surface area contributed by atoms with E-state index in [9.17, 15) is 9.59 Å². The highest BCUT2D eigenvalue weighted by molar-refractivity contribution is 5.84. The number of amides is 1. The molecule has 4 nitrogen and oxygen atoms in total. The third kappa shape index (κ3) is 4.46. The molecule has 0 atom stereocenters. The van der Waals surface area contributed by atoms with Crippen LogP contribution < -0.4 is 0 Å². The minimum absolute atomic E-state index is 0.166. The smallest absolute Gasteiger partial charge is 0.236 e. The molecule has 1 rings (SSSR count). The summed E-state index contributed by atoms with van der Waals surface area (Å²) in [5, 5.41) is 0. The van der Waals surface area contributed by atoms with E-state index in [1.807, 2.05) is 4.90 Å². The average Bonchev–Trinajstić information content (AvgIpc) is 2.29. The zero-order valence-corrected chi connectivity index (χ0v) is 11.2. The van der Waals surface area contributed by atoms with Crippen molar-refractivity contribution in [3.05, 3.63) is 0 Å². The van der Waals surface area contributed by atoms with E-state index in [1.165, 1.54) is 0 Å². The molecule has 0 radical (unpaired) electrons. The Balaban J connectivity index is 2.43. The van der Waals surface area contributed by atoms with Crippen LogP contribution in [0.4, 0.5) is 0 Å². The highest BCUT2D eigenvalue weighted by Gasteiger charge is 2.22. The van der Waals surface area contributed by atoms with Gasteiger partial charge in [0, 0.05) is 32.0 Å². The normalized spacial score (nSPS) is 17.0. The summed E-state index contributed by atoms with van der Waals surface area (Å²) in [5.41, 5.74) is 0. The first-order chi connectivity index (χ1) is 8.04. The fraction of sp³-hybridized carbons (Fsp3) is 0.846. The quantitative estimate of drug-likeness (QED) is 0.727. The Morgan fingerprint density at radius 3 is 2.41 bits per heavy atom. The lowest BCUT2D eigenvalue weighted by atomic mass is 10.1. The Morgan fingerprint density at radius 1 is 1.35 bits per heavy atom. The van der Waals surface area contributed by atoms with Crippen LogP contribution in [0.3, 0.4) is 0 Å². The maximum atomic E-state index is 12.1. The number of likely N-dealkylation sites (tertiary alicyclic amines) is 1. The van der Waals surface area contributed by atoms with Crippen LogP contribution in [0.15, 0.2) is 0 Å². The van der Waals surface area contributed by atoms with Crippen molar-refractivity contribution >= 4 is 11.7 Å². The lowest BCUT2D eigenvalue weighted by Crippen LogP contribution is -2.46. The second-order valence-electron chi connectivity index (χ2n) is 4.98. The molecule has 1 heterocycles. The van der Waals surface area contributed by atoms with E-state index in [-0.39, 0.29) is 11.7 Å². The summed E-state index contributed by atoms with van der Waals surface area (Å²) in [6.45, 7) is 9.01. The number of hydrogen-bond donors (Lipinski definition) is 0. The summed E-state index contributed by atoms with van der Waals surface area (Å²) < 4.78 is 0. The molecular formula is C13H24N2O2. The van der Waals surface area contributed by atoms with Gasteiger partial charge in [-0.1, -0.05) is 6.92 Å². The second kappa shape index (κ2) is 6.74. The molecule has 0 aromatic carbocycles. The Morgan fingerprint density at radius 2 is 1.94 bits per heavy atom. The molecule has 1 aliphatic heterocycles. The van der Waals surface area contributed by atoms with Gasteiger partial charge >= 0.3 is 0 Å². The van der Waals surface area contributed by atoms with E-state index in [1.54, 1.807) is 0 Å². The number of nitrogens with zero attached hydrogens (tertiary/aromatic N) is 2. The van der Waals surface area contributed by atoms with Gasteiger partial charge in [0.05, 0.1) is 6.54 Å². The van der Waals surface area contributed by atoms with Gasteiger partial charge in [0.15, 0.2) is 0 Å². The van der Waals surface area contributed by atoms with Crippen molar-refractivity contribution < 1.29 is 9.59 Å². The van der Waals surface area contributed by atoms with E-state index >= 15 is 0 Å². The second-order valence-corrected chi connectivity index (χ2v) is 4.98. The zero-order valence-electron chi connectivity index (χ0n) is 11.2. The molecule has 0 aromatic rings. The van der Waals surface area contributed by atoms with E-state index in [0.29, 0.717) is 38.5 Å². The molecule has 0 aliphatic carbocycles. The Bertz CT molecular complexity index is 267. The molecule has 0 bridgehead atoms. The summed E-state index contributed by atoms with van der Waals surface area (Å²) in [5.74, 6) is 0.447. The van der Waals surface area contributed by atoms with Crippen LogP contribution in [-0.4, -0.2) is 53.7 Å². The van der Waals surface area contributed by atoms with Gasteiger partial charge in [0.25, 0.3) is 0 Å². The van der Waals surface area contributed by atoms with Gasteiger partial charge in [-0.05, 0) is 26.8 Å². The average molecular weight is 240 g/mol. The van der Waals surface area contributed by atoms with Crippen LogP contribution in [0.2, 0.25) is 0 Å². The van der Waals surface area contributed by atoms with Crippen molar-refractivity contribution in [2.75, 3.05) is 26.2 Å². The lowest BCUT2D eigenvalue weighted by Gasteiger charge is -2.31. The van der Waals surface area contributed by atoms with Crippen molar-refractivity contribution in [3.63, 3.8) is 0 Å². The van der Waals surface area contributed by atoms with Crippen molar-refractivity contribution in [1.82, 2.24) is 9.80 Å². The van der Waals surface area contributed by atoms with E-state index < -0.39 is 0 Å². The van der Waals surface area contributed by atoms with Crippen molar-refractivity contribution in [2.24, 2.45) is 0 Å². The maximum Gasteiger partial charge on any atom is 0.236 e. The number of piperidine rings is 1. The third-order valence-corrected chi connectivity index (χ3v) is 3.25. The molecule has 17 heavy (non-hydrogen) atoms. The monoisotopic (exact) mass is 240 g/mol. The third-order valence-electron chi connectivity index (χ3n) is 3.25. The number of Topliss-reactive ketones (excluding diaryl/α,β-unsaturated/α-hetero) is 1. The van der Waals surface area contributed by atoms with Crippen molar-refractivity contribution in [1.29, 1.82) is 0 Å². The topological polar surface area (TPSA) is 40.6 Å². The number of hydrogen-bond acceptors (Lipinski definition) is 3. The van der Waals surface area contributed by atoms with Gasteiger partial charge in [-0.3, -0.25) is 14.5 Å². The summed E-state index contributed by atoms with van der Waals surface area (Å²) in [7, 11) is 0. The molecule has 4 heteroatoms. The first kappa shape index (κ1) is 14.2. The van der Waals surface area contributed by atoms with E-state index in [2.05, 4.69) is 25.7 Å². The molecule has 0 unspecified atom stereocenters. The minimum atomic E-state index is 0.166. The van der Waals surface area contributed by atoms with Crippen molar-refractivity contribution in [2.45, 2.75) is 46.1 Å². The highest BCUT2D eigenvalue weighted by atomic mass is 16.2. The van der Waals surface area contributed by atoms with Crippen molar-refractivity contribution in [3.8, 4) is 0 Å². The van der Waals surface area contributed by atoms with Gasteiger partial charge in [0.2, 0.25) is 5.91 Å². The standard InChI is InChI=1S/C13H24N2O2/c1-4-7-15(11(2)3)10-13(17)14-8-5-12(16)6-9-14/h11H,4-10H2,1-3H3. The number of ketones is 1. The van der Waals surface area contributed by atoms with Crippen LogP contribution in [0.25, 0.3) is 0 Å². The molecule has 98 valence electrons. The summed E-state index contributed by atoms with van der Waals surface area (Å²) in [6.07, 6.45) is 2.12. The van der Waals surface area contributed by atoms with Crippen LogP contribution in [0.5, 0.6) is 0 Å². The summed E-state index contributed by atoms with van der Waals surface area (Å²) in [6, 6.07) is 0.394. The van der Waals surface area contributed by atoms with Crippen LogP contribution in [-0.2, 0) is 9.59 Å².